The topological polar surface area (TPSA) is 93.5 Å². The minimum atomic E-state index is -0.422. The summed E-state index contributed by atoms with van der Waals surface area (Å²) in [5.74, 6) is 1.13. The predicted molar refractivity (Wildman–Crippen MR) is 145 cm³/mol. The summed E-state index contributed by atoms with van der Waals surface area (Å²) in [4.78, 5) is 30.9. The summed E-state index contributed by atoms with van der Waals surface area (Å²) in [5.41, 5.74) is 2.24. The second-order valence-corrected chi connectivity index (χ2v) is 8.80. The van der Waals surface area contributed by atoms with Gasteiger partial charge in [-0.3, -0.25) is 9.59 Å². The molecular formula is C29H29N3O6. The van der Waals surface area contributed by atoms with Crippen molar-refractivity contribution in [2.24, 2.45) is 0 Å². The number of piperazine rings is 1. The van der Waals surface area contributed by atoms with Crippen LogP contribution in [0.25, 0.3) is 11.0 Å². The third-order valence-electron chi connectivity index (χ3n) is 6.69. The molecule has 38 heavy (non-hydrogen) atoms. The average molecular weight is 516 g/mol. The fraction of sp³-hybridized carbons (Fsp3) is 0.241. The van der Waals surface area contributed by atoms with Crippen LogP contribution in [0.2, 0.25) is 0 Å². The van der Waals surface area contributed by atoms with E-state index in [9.17, 15) is 9.59 Å². The zero-order valence-electron chi connectivity index (χ0n) is 21.5. The van der Waals surface area contributed by atoms with E-state index < -0.39 is 5.91 Å². The van der Waals surface area contributed by atoms with Crippen LogP contribution < -0.4 is 24.4 Å². The predicted octanol–water partition coefficient (Wildman–Crippen LogP) is 4.67. The summed E-state index contributed by atoms with van der Waals surface area (Å²) in [6.07, 6.45) is 0. The average Bonchev–Trinajstić information content (AvgIpc) is 3.34. The number of nitrogens with one attached hydrogen (secondary N) is 1. The zero-order valence-corrected chi connectivity index (χ0v) is 21.5. The lowest BCUT2D eigenvalue weighted by molar-refractivity contribution is 0.0718. The molecule has 1 aliphatic heterocycles. The van der Waals surface area contributed by atoms with E-state index in [1.807, 2.05) is 42.5 Å². The van der Waals surface area contributed by atoms with Gasteiger partial charge in [0.05, 0.1) is 26.9 Å². The highest BCUT2D eigenvalue weighted by Gasteiger charge is 2.29. The first-order chi connectivity index (χ1) is 18.5. The number of hydrogen-bond donors (Lipinski definition) is 1. The molecule has 0 radical (unpaired) electrons. The van der Waals surface area contributed by atoms with Crippen molar-refractivity contribution in [1.29, 1.82) is 0 Å². The molecule has 2 amide bonds. The van der Waals surface area contributed by atoms with Gasteiger partial charge in [0.25, 0.3) is 11.8 Å². The maximum atomic E-state index is 13.6. The number of ether oxygens (including phenoxy) is 3. The standard InChI is InChI=1S/C29H29N3O6/c1-35-20-10-8-19(9-11-20)31-14-16-32(17-15-31)29(34)27-26(22-6-4-5-7-24(22)38-27)30-28(33)23-13-12-21(36-2)18-25(23)37-3/h4-13,18H,14-17H2,1-3H3,(H,30,33). The Balaban J connectivity index is 1.38. The summed E-state index contributed by atoms with van der Waals surface area (Å²) < 4.78 is 21.9. The van der Waals surface area contributed by atoms with Gasteiger partial charge in [0, 0.05) is 43.3 Å². The Labute approximate surface area is 220 Å². The maximum absolute atomic E-state index is 13.6. The van der Waals surface area contributed by atoms with Crippen molar-refractivity contribution in [3.63, 3.8) is 0 Å². The lowest BCUT2D eigenvalue weighted by Gasteiger charge is -2.35. The van der Waals surface area contributed by atoms with E-state index in [1.165, 1.54) is 7.11 Å². The molecule has 0 unspecified atom stereocenters. The van der Waals surface area contributed by atoms with Crippen molar-refractivity contribution < 1.29 is 28.2 Å². The van der Waals surface area contributed by atoms with Crippen molar-refractivity contribution in [2.45, 2.75) is 0 Å². The Morgan fingerprint density at radius 3 is 2.18 bits per heavy atom. The van der Waals surface area contributed by atoms with Gasteiger partial charge < -0.3 is 33.7 Å². The Morgan fingerprint density at radius 2 is 1.50 bits per heavy atom. The quantitative estimate of drug-likeness (QED) is 0.382. The summed E-state index contributed by atoms with van der Waals surface area (Å²) in [7, 11) is 4.67. The SMILES string of the molecule is COc1ccc(N2CCN(C(=O)c3oc4ccccc4c3NC(=O)c3ccc(OC)cc3OC)CC2)cc1. The highest BCUT2D eigenvalue weighted by molar-refractivity contribution is 6.15. The molecule has 0 aliphatic carbocycles. The second-order valence-electron chi connectivity index (χ2n) is 8.80. The first-order valence-electron chi connectivity index (χ1n) is 12.3. The first kappa shape index (κ1) is 25.0. The number of nitrogens with zero attached hydrogens (tertiary/aromatic N) is 2. The fourth-order valence-corrected chi connectivity index (χ4v) is 4.59. The van der Waals surface area contributed by atoms with Gasteiger partial charge in [0.15, 0.2) is 0 Å². The summed E-state index contributed by atoms with van der Waals surface area (Å²) in [6, 6.07) is 20.1. The minimum Gasteiger partial charge on any atom is -0.497 e. The van der Waals surface area contributed by atoms with Crippen LogP contribution in [0.5, 0.6) is 17.2 Å². The number of anilines is 2. The minimum absolute atomic E-state index is 0.102. The molecule has 5 rings (SSSR count). The van der Waals surface area contributed by atoms with E-state index in [2.05, 4.69) is 10.2 Å². The molecule has 1 fully saturated rings. The number of fused-ring (bicyclic) bond motifs is 1. The summed E-state index contributed by atoms with van der Waals surface area (Å²) in [6.45, 7) is 2.37. The van der Waals surface area contributed by atoms with E-state index in [1.54, 1.807) is 43.4 Å². The summed E-state index contributed by atoms with van der Waals surface area (Å²) >= 11 is 0. The molecular weight excluding hydrogens is 486 g/mol. The van der Waals surface area contributed by atoms with Crippen LogP contribution in [0.3, 0.4) is 0 Å². The van der Waals surface area contributed by atoms with E-state index in [-0.39, 0.29) is 11.7 Å². The van der Waals surface area contributed by atoms with Crippen molar-refractivity contribution in [3.05, 3.63) is 78.1 Å². The number of carbonyl (C=O) groups excluding carboxylic acids is 2. The molecule has 4 aromatic rings. The number of methoxy groups -OCH3 is 3. The van der Waals surface area contributed by atoms with Crippen LogP contribution in [0, 0.1) is 0 Å². The third kappa shape index (κ3) is 4.82. The lowest BCUT2D eigenvalue weighted by Crippen LogP contribution is -2.48. The molecule has 1 saturated heterocycles. The van der Waals surface area contributed by atoms with Crippen LogP contribution in [0.1, 0.15) is 20.9 Å². The Bertz CT molecular complexity index is 1460. The number of para-hydroxylation sites is 1. The molecule has 0 atom stereocenters. The van der Waals surface area contributed by atoms with Crippen LogP contribution in [0.15, 0.2) is 71.1 Å². The maximum Gasteiger partial charge on any atom is 0.291 e. The van der Waals surface area contributed by atoms with Gasteiger partial charge in [-0.1, -0.05) is 12.1 Å². The monoisotopic (exact) mass is 515 g/mol. The van der Waals surface area contributed by atoms with Crippen LogP contribution >= 0.6 is 0 Å². The van der Waals surface area contributed by atoms with Crippen molar-refractivity contribution >= 4 is 34.2 Å². The number of carbonyl (C=O) groups is 2. The highest BCUT2D eigenvalue weighted by Crippen LogP contribution is 2.34. The third-order valence-corrected chi connectivity index (χ3v) is 6.69. The zero-order chi connectivity index (χ0) is 26.6. The van der Waals surface area contributed by atoms with Crippen LogP contribution in [-0.4, -0.2) is 64.2 Å². The molecule has 0 spiro atoms. The summed E-state index contributed by atoms with van der Waals surface area (Å²) in [5, 5.41) is 3.55. The largest absolute Gasteiger partial charge is 0.497 e. The van der Waals surface area contributed by atoms with Crippen LogP contribution in [0.4, 0.5) is 11.4 Å². The van der Waals surface area contributed by atoms with Gasteiger partial charge in [-0.15, -0.1) is 0 Å². The smallest absolute Gasteiger partial charge is 0.291 e. The molecule has 1 N–H and O–H groups in total. The lowest BCUT2D eigenvalue weighted by atomic mass is 10.1. The second kappa shape index (κ2) is 10.8. The number of rotatable bonds is 7. The number of furan rings is 1. The first-order valence-corrected chi connectivity index (χ1v) is 12.3. The molecule has 1 aliphatic rings. The Hall–Kier alpha value is -4.66. The van der Waals surface area contributed by atoms with Crippen molar-refractivity contribution in [1.82, 2.24) is 4.90 Å². The van der Waals surface area contributed by atoms with Gasteiger partial charge >= 0.3 is 0 Å². The Morgan fingerprint density at radius 1 is 0.816 bits per heavy atom. The molecule has 3 aromatic carbocycles. The van der Waals surface area contributed by atoms with Gasteiger partial charge in [-0.25, -0.2) is 0 Å². The van der Waals surface area contributed by atoms with E-state index in [0.717, 1.165) is 11.4 Å². The van der Waals surface area contributed by atoms with E-state index in [4.69, 9.17) is 18.6 Å². The van der Waals surface area contributed by atoms with Gasteiger partial charge in [-0.05, 0) is 48.5 Å². The highest BCUT2D eigenvalue weighted by atomic mass is 16.5. The molecule has 9 nitrogen and oxygen atoms in total. The molecule has 2 heterocycles. The number of hydrogen-bond acceptors (Lipinski definition) is 7. The number of benzene rings is 3. The van der Waals surface area contributed by atoms with Gasteiger partial charge in [-0.2, -0.15) is 0 Å². The molecule has 9 heteroatoms. The molecule has 1 aromatic heterocycles. The van der Waals surface area contributed by atoms with Gasteiger partial charge in [0.1, 0.15) is 28.5 Å². The van der Waals surface area contributed by atoms with Gasteiger partial charge in [0.2, 0.25) is 5.76 Å². The number of amides is 2. The molecule has 0 bridgehead atoms. The molecule has 0 saturated carbocycles. The van der Waals surface area contributed by atoms with Crippen molar-refractivity contribution in [2.75, 3.05) is 57.7 Å². The normalized spacial score (nSPS) is 13.3. The Kier molecular flexibility index (Phi) is 7.08. The van der Waals surface area contributed by atoms with E-state index >= 15 is 0 Å². The fourth-order valence-electron chi connectivity index (χ4n) is 4.59. The van der Waals surface area contributed by atoms with E-state index in [0.29, 0.717) is 59.9 Å². The van der Waals surface area contributed by atoms with Crippen molar-refractivity contribution in [3.8, 4) is 17.2 Å². The molecule has 196 valence electrons. The van der Waals surface area contributed by atoms with Crippen LogP contribution in [-0.2, 0) is 0 Å².